The quantitative estimate of drug-likeness (QED) is 0.392. The van der Waals surface area contributed by atoms with E-state index < -0.39 is 0 Å². The third-order valence-corrected chi connectivity index (χ3v) is 7.96. The minimum absolute atomic E-state index is 0.246. The molecule has 8 nitrogen and oxygen atoms in total. The topological polar surface area (TPSA) is 75.1 Å². The summed E-state index contributed by atoms with van der Waals surface area (Å²) >= 11 is 0. The second-order valence-corrected chi connectivity index (χ2v) is 11.2. The van der Waals surface area contributed by atoms with Crippen LogP contribution in [0.4, 0.5) is 10.1 Å². The number of H-pyrrole nitrogens is 1. The number of aromatic amines is 1. The molecule has 3 aromatic heterocycles. The van der Waals surface area contributed by atoms with E-state index in [-0.39, 0.29) is 11.4 Å². The van der Waals surface area contributed by atoms with Gasteiger partial charge in [-0.25, -0.2) is 14.4 Å². The molecule has 1 aromatic carbocycles. The van der Waals surface area contributed by atoms with Crippen LogP contribution in [0, 0.1) is 12.7 Å². The third-order valence-electron chi connectivity index (χ3n) is 7.96. The molecule has 2 aliphatic rings. The van der Waals surface area contributed by atoms with Gasteiger partial charge < -0.3 is 19.5 Å². The smallest absolute Gasteiger partial charge is 0.156 e. The number of anilines is 1. The lowest BCUT2D eigenvalue weighted by Gasteiger charge is -2.40. The van der Waals surface area contributed by atoms with Crippen molar-refractivity contribution in [3.8, 4) is 22.4 Å². The van der Waals surface area contributed by atoms with Crippen molar-refractivity contribution >= 4 is 16.9 Å². The summed E-state index contributed by atoms with van der Waals surface area (Å²) in [5.41, 5.74) is 6.01. The van der Waals surface area contributed by atoms with Crippen molar-refractivity contribution in [3.63, 3.8) is 0 Å². The fourth-order valence-corrected chi connectivity index (χ4v) is 5.92. The second-order valence-electron chi connectivity index (χ2n) is 11.2. The van der Waals surface area contributed by atoms with Crippen LogP contribution in [0.15, 0.2) is 36.9 Å². The number of piperidine rings is 1. The maximum Gasteiger partial charge on any atom is 0.156 e. The van der Waals surface area contributed by atoms with Crippen LogP contribution < -0.4 is 4.90 Å². The number of halogens is 1. The summed E-state index contributed by atoms with van der Waals surface area (Å²) in [6, 6.07) is 4.00. The van der Waals surface area contributed by atoms with Crippen molar-refractivity contribution in [2.45, 2.75) is 52.2 Å². The maximum absolute atomic E-state index is 15.5. The summed E-state index contributed by atoms with van der Waals surface area (Å²) in [6.07, 6.45) is 9.88. The highest BCUT2D eigenvalue weighted by molar-refractivity contribution is 5.91. The van der Waals surface area contributed by atoms with Gasteiger partial charge in [0, 0.05) is 55.3 Å². The molecule has 200 valence electrons. The van der Waals surface area contributed by atoms with Crippen molar-refractivity contribution in [3.05, 3.63) is 48.3 Å². The predicted molar refractivity (Wildman–Crippen MR) is 148 cm³/mol. The standard InChI is InChI=1S/C29H36FN7O/c1-5-35-8-6-22(7-9-35)37-17-21(14-33-37)23-15-31-28-26(23)34-25(16-32-28)20-12-19(2)27(24(30)13-20)36-10-11-38-29(3,4)18-36/h12-17,22H,5-11,18H2,1-4H3,(H,31,32). The lowest BCUT2D eigenvalue weighted by atomic mass is 10.0. The molecule has 4 aromatic rings. The van der Waals surface area contributed by atoms with E-state index in [9.17, 15) is 0 Å². The van der Waals surface area contributed by atoms with Gasteiger partial charge in [-0.3, -0.25) is 4.68 Å². The van der Waals surface area contributed by atoms with Gasteiger partial charge in [0.15, 0.2) is 5.65 Å². The van der Waals surface area contributed by atoms with E-state index in [2.05, 4.69) is 37.6 Å². The Morgan fingerprint density at radius 2 is 1.95 bits per heavy atom. The number of benzene rings is 1. The Hall–Kier alpha value is -3.30. The van der Waals surface area contributed by atoms with Gasteiger partial charge in [0.05, 0.1) is 42.0 Å². The highest BCUT2D eigenvalue weighted by atomic mass is 19.1. The molecule has 9 heteroatoms. The average molecular weight is 518 g/mol. The molecule has 2 saturated heterocycles. The van der Waals surface area contributed by atoms with Gasteiger partial charge in [0.1, 0.15) is 11.3 Å². The van der Waals surface area contributed by atoms with E-state index in [1.807, 2.05) is 39.2 Å². The third kappa shape index (κ3) is 4.69. The highest BCUT2D eigenvalue weighted by Gasteiger charge is 2.30. The molecule has 0 spiro atoms. The molecule has 5 heterocycles. The number of hydrogen-bond donors (Lipinski definition) is 1. The largest absolute Gasteiger partial charge is 0.372 e. The first kappa shape index (κ1) is 25.0. The minimum atomic E-state index is -0.308. The number of fused-ring (bicyclic) bond motifs is 1. The number of ether oxygens (including phenoxy) is 1. The number of hydrogen-bond acceptors (Lipinski definition) is 6. The number of aryl methyl sites for hydroxylation is 1. The molecule has 0 bridgehead atoms. The Bertz CT molecular complexity index is 1430. The fourth-order valence-electron chi connectivity index (χ4n) is 5.92. The van der Waals surface area contributed by atoms with E-state index in [1.54, 1.807) is 12.3 Å². The van der Waals surface area contributed by atoms with Crippen LogP contribution in [0.2, 0.25) is 0 Å². The zero-order valence-corrected chi connectivity index (χ0v) is 22.7. The van der Waals surface area contributed by atoms with Gasteiger partial charge >= 0.3 is 0 Å². The Kier molecular flexibility index (Phi) is 6.44. The maximum atomic E-state index is 15.5. The number of nitrogens with one attached hydrogen (secondary N) is 1. The van der Waals surface area contributed by atoms with E-state index >= 15 is 4.39 Å². The van der Waals surface area contributed by atoms with E-state index in [0.717, 1.165) is 60.2 Å². The minimum Gasteiger partial charge on any atom is -0.372 e. The normalized spacial score (nSPS) is 18.9. The van der Waals surface area contributed by atoms with E-state index in [4.69, 9.17) is 14.8 Å². The zero-order valence-electron chi connectivity index (χ0n) is 22.7. The molecule has 1 N–H and O–H groups in total. The van der Waals surface area contributed by atoms with Crippen molar-refractivity contribution in [1.29, 1.82) is 0 Å². The van der Waals surface area contributed by atoms with Crippen LogP contribution in [0.1, 0.15) is 45.2 Å². The molecule has 2 aliphatic heterocycles. The van der Waals surface area contributed by atoms with Crippen LogP contribution in [-0.2, 0) is 4.74 Å². The fraction of sp³-hybridized carbons (Fsp3) is 0.483. The summed E-state index contributed by atoms with van der Waals surface area (Å²) < 4.78 is 23.4. The van der Waals surface area contributed by atoms with Crippen molar-refractivity contribution < 1.29 is 9.13 Å². The van der Waals surface area contributed by atoms with Crippen molar-refractivity contribution in [2.24, 2.45) is 0 Å². The van der Waals surface area contributed by atoms with Gasteiger partial charge in [-0.2, -0.15) is 5.10 Å². The summed E-state index contributed by atoms with van der Waals surface area (Å²) in [4.78, 5) is 17.3. The highest BCUT2D eigenvalue weighted by Crippen LogP contribution is 2.34. The first-order valence-electron chi connectivity index (χ1n) is 13.6. The number of likely N-dealkylation sites (tertiary alicyclic amines) is 1. The van der Waals surface area contributed by atoms with Gasteiger partial charge in [0.25, 0.3) is 0 Å². The molecule has 0 aliphatic carbocycles. The van der Waals surface area contributed by atoms with Crippen molar-refractivity contribution in [2.75, 3.05) is 44.2 Å². The Morgan fingerprint density at radius 1 is 1.13 bits per heavy atom. The van der Waals surface area contributed by atoms with Crippen LogP contribution in [0.5, 0.6) is 0 Å². The van der Waals surface area contributed by atoms with Crippen LogP contribution in [0.3, 0.4) is 0 Å². The van der Waals surface area contributed by atoms with E-state index in [0.29, 0.717) is 42.8 Å². The van der Waals surface area contributed by atoms with Crippen LogP contribution >= 0.6 is 0 Å². The van der Waals surface area contributed by atoms with Crippen LogP contribution in [-0.4, -0.2) is 74.6 Å². The monoisotopic (exact) mass is 517 g/mol. The Balaban J connectivity index is 1.29. The van der Waals surface area contributed by atoms with Gasteiger partial charge in [-0.1, -0.05) is 6.92 Å². The van der Waals surface area contributed by atoms with Crippen LogP contribution in [0.25, 0.3) is 33.5 Å². The molecule has 38 heavy (non-hydrogen) atoms. The van der Waals surface area contributed by atoms with Gasteiger partial charge in [-0.15, -0.1) is 0 Å². The molecule has 0 radical (unpaired) electrons. The molecule has 6 rings (SSSR count). The number of rotatable bonds is 5. The summed E-state index contributed by atoms with van der Waals surface area (Å²) in [7, 11) is 0. The molecular weight excluding hydrogens is 481 g/mol. The Morgan fingerprint density at radius 3 is 2.68 bits per heavy atom. The number of aromatic nitrogens is 5. The lowest BCUT2D eigenvalue weighted by Crippen LogP contribution is -2.48. The molecule has 0 amide bonds. The Labute approximate surface area is 222 Å². The first-order chi connectivity index (χ1) is 18.3. The second kappa shape index (κ2) is 9.78. The average Bonchev–Trinajstić information content (AvgIpc) is 3.55. The molecule has 0 atom stereocenters. The SMILES string of the molecule is CCN1CCC(n2cc(-c3c[nH]c4ncc(-c5cc(C)c(N6CCOC(C)(C)C6)c(F)c5)nc34)cn2)CC1. The zero-order chi connectivity index (χ0) is 26.4. The van der Waals surface area contributed by atoms with Crippen molar-refractivity contribution in [1.82, 2.24) is 29.6 Å². The van der Waals surface area contributed by atoms with E-state index in [1.165, 1.54) is 0 Å². The van der Waals surface area contributed by atoms with Gasteiger partial charge in [0.2, 0.25) is 0 Å². The number of morpholine rings is 1. The molecule has 0 unspecified atom stereocenters. The lowest BCUT2D eigenvalue weighted by molar-refractivity contribution is -0.0278. The first-order valence-corrected chi connectivity index (χ1v) is 13.6. The van der Waals surface area contributed by atoms with Gasteiger partial charge in [-0.05, 0) is 57.9 Å². The molecule has 0 saturated carbocycles. The summed E-state index contributed by atoms with van der Waals surface area (Å²) in [5.74, 6) is -0.246. The molecular formula is C29H36FN7O. The summed E-state index contributed by atoms with van der Waals surface area (Å²) in [5, 5.41) is 4.69. The number of nitrogens with zero attached hydrogens (tertiary/aromatic N) is 6. The summed E-state index contributed by atoms with van der Waals surface area (Å²) in [6.45, 7) is 13.5. The molecule has 2 fully saturated rings. The predicted octanol–water partition coefficient (Wildman–Crippen LogP) is 5.21.